The molecule has 7 heteroatoms. The molecular formula is C18H17FN4OS. The number of carbonyl (C=O) groups is 1. The molecule has 1 N–H and O–H groups in total. The van der Waals surface area contributed by atoms with E-state index in [4.69, 9.17) is 0 Å². The summed E-state index contributed by atoms with van der Waals surface area (Å²) in [5, 5.41) is 9.17. The molecule has 1 atom stereocenters. The molecule has 2 aliphatic rings. The molecule has 1 amide bonds. The number of halogens is 1. The molecule has 0 saturated carbocycles. The van der Waals surface area contributed by atoms with E-state index in [9.17, 15) is 9.18 Å². The van der Waals surface area contributed by atoms with Gasteiger partial charge in [-0.05, 0) is 31.8 Å². The number of nitrogens with zero attached hydrogens (tertiary/aromatic N) is 3. The van der Waals surface area contributed by atoms with Crippen molar-refractivity contribution in [3.63, 3.8) is 0 Å². The van der Waals surface area contributed by atoms with Crippen LogP contribution in [0.5, 0.6) is 0 Å². The van der Waals surface area contributed by atoms with Gasteiger partial charge >= 0.3 is 0 Å². The summed E-state index contributed by atoms with van der Waals surface area (Å²) in [6.45, 7) is 0. The van der Waals surface area contributed by atoms with E-state index in [0.29, 0.717) is 17.8 Å². The van der Waals surface area contributed by atoms with Crippen LogP contribution in [0.1, 0.15) is 47.1 Å². The number of allylic oxidation sites excluding steroid dienone is 6. The van der Waals surface area contributed by atoms with Crippen molar-refractivity contribution in [2.24, 2.45) is 0 Å². The first-order chi connectivity index (χ1) is 12.2. The molecule has 0 aromatic carbocycles. The lowest BCUT2D eigenvalue weighted by Crippen LogP contribution is -2.31. The van der Waals surface area contributed by atoms with Gasteiger partial charge in [-0.25, -0.2) is 14.1 Å². The number of hydrogen-bond donors (Lipinski definition) is 1. The summed E-state index contributed by atoms with van der Waals surface area (Å²) < 4.78 is 16.0. The zero-order chi connectivity index (χ0) is 17.2. The summed E-state index contributed by atoms with van der Waals surface area (Å²) in [5.74, 6) is -0.482. The van der Waals surface area contributed by atoms with Crippen LogP contribution in [0.3, 0.4) is 0 Å². The van der Waals surface area contributed by atoms with Gasteiger partial charge in [-0.15, -0.1) is 11.3 Å². The maximum Gasteiger partial charge on any atom is 0.271 e. The largest absolute Gasteiger partial charge is 0.344 e. The standard InChI is InChI=1S/C18H17FN4OS/c19-13-5-2-1-3-7-17(13)23-16-8-4-6-14(12(16)9-21-23)22-18(24)15-10-25-11-20-15/h1-2,5,7,9-11,14H,3-4,6,8H2,(H,22,24). The fraction of sp³-hybridized carbons (Fsp3) is 0.278. The van der Waals surface area contributed by atoms with E-state index >= 15 is 0 Å². The van der Waals surface area contributed by atoms with E-state index in [-0.39, 0.29) is 17.8 Å². The number of nitrogens with one attached hydrogen (secondary N) is 1. The van der Waals surface area contributed by atoms with E-state index in [2.05, 4.69) is 15.4 Å². The van der Waals surface area contributed by atoms with Crippen molar-refractivity contribution in [3.8, 4) is 0 Å². The van der Waals surface area contributed by atoms with Crippen LogP contribution in [0.2, 0.25) is 0 Å². The van der Waals surface area contributed by atoms with Gasteiger partial charge in [0, 0.05) is 16.6 Å². The summed E-state index contributed by atoms with van der Waals surface area (Å²) in [7, 11) is 0. The highest BCUT2D eigenvalue weighted by Crippen LogP contribution is 2.33. The Morgan fingerprint density at radius 1 is 1.44 bits per heavy atom. The number of hydrogen-bond acceptors (Lipinski definition) is 4. The molecule has 0 bridgehead atoms. The predicted octanol–water partition coefficient (Wildman–Crippen LogP) is 3.80. The van der Waals surface area contributed by atoms with Gasteiger partial charge in [0.1, 0.15) is 11.5 Å². The summed E-state index contributed by atoms with van der Waals surface area (Å²) in [5.41, 5.74) is 4.46. The summed E-state index contributed by atoms with van der Waals surface area (Å²) in [4.78, 5) is 16.4. The first-order valence-corrected chi connectivity index (χ1v) is 9.17. The van der Waals surface area contributed by atoms with E-state index in [1.54, 1.807) is 27.8 Å². The topological polar surface area (TPSA) is 59.8 Å². The number of aromatic nitrogens is 3. The Kier molecular flexibility index (Phi) is 4.31. The Morgan fingerprint density at radius 3 is 3.20 bits per heavy atom. The Hall–Kier alpha value is -2.54. The molecule has 0 fully saturated rings. The maximum absolute atomic E-state index is 14.3. The number of thiazole rings is 1. The lowest BCUT2D eigenvalue weighted by Gasteiger charge is -2.24. The van der Waals surface area contributed by atoms with Gasteiger partial charge in [0.15, 0.2) is 0 Å². The zero-order valence-corrected chi connectivity index (χ0v) is 14.3. The molecule has 2 aliphatic carbocycles. The Balaban J connectivity index is 1.62. The van der Waals surface area contributed by atoms with Crippen molar-refractivity contribution in [1.29, 1.82) is 0 Å². The van der Waals surface area contributed by atoms with E-state index in [0.717, 1.165) is 30.5 Å². The van der Waals surface area contributed by atoms with Crippen LogP contribution in [0.25, 0.3) is 5.70 Å². The van der Waals surface area contributed by atoms with Crippen LogP contribution in [0.4, 0.5) is 4.39 Å². The van der Waals surface area contributed by atoms with Crippen molar-refractivity contribution in [2.75, 3.05) is 0 Å². The molecule has 1 unspecified atom stereocenters. The predicted molar refractivity (Wildman–Crippen MR) is 94.7 cm³/mol. The molecule has 0 radical (unpaired) electrons. The fourth-order valence-electron chi connectivity index (χ4n) is 3.25. The lowest BCUT2D eigenvalue weighted by molar-refractivity contribution is 0.0928. The minimum Gasteiger partial charge on any atom is -0.344 e. The van der Waals surface area contributed by atoms with Crippen LogP contribution >= 0.6 is 11.3 Å². The monoisotopic (exact) mass is 356 g/mol. The highest BCUT2D eigenvalue weighted by molar-refractivity contribution is 7.07. The third-order valence-corrected chi connectivity index (χ3v) is 5.04. The van der Waals surface area contributed by atoms with E-state index in [1.807, 2.05) is 12.2 Å². The molecule has 25 heavy (non-hydrogen) atoms. The second kappa shape index (κ2) is 6.76. The summed E-state index contributed by atoms with van der Waals surface area (Å²) in [6, 6.07) is -0.122. The number of fused-ring (bicyclic) bond motifs is 1. The molecular weight excluding hydrogens is 339 g/mol. The maximum atomic E-state index is 14.3. The second-order valence-corrected chi connectivity index (χ2v) is 6.74. The van der Waals surface area contributed by atoms with Crippen LogP contribution in [-0.4, -0.2) is 20.7 Å². The highest BCUT2D eigenvalue weighted by Gasteiger charge is 2.27. The first kappa shape index (κ1) is 16.0. The molecule has 0 spiro atoms. The smallest absolute Gasteiger partial charge is 0.271 e. The number of carbonyl (C=O) groups excluding carboxylic acids is 1. The zero-order valence-electron chi connectivity index (χ0n) is 13.5. The molecule has 5 nitrogen and oxygen atoms in total. The molecule has 2 aromatic rings. The average molecular weight is 356 g/mol. The molecule has 128 valence electrons. The van der Waals surface area contributed by atoms with Crippen LogP contribution < -0.4 is 5.32 Å². The second-order valence-electron chi connectivity index (χ2n) is 6.02. The molecule has 2 aromatic heterocycles. The van der Waals surface area contributed by atoms with Crippen LogP contribution in [0, 0.1) is 0 Å². The van der Waals surface area contributed by atoms with Crippen LogP contribution in [-0.2, 0) is 6.42 Å². The Labute approximate surface area is 148 Å². The van der Waals surface area contributed by atoms with E-state index in [1.165, 1.54) is 17.4 Å². The minimum absolute atomic E-state index is 0.122. The van der Waals surface area contributed by atoms with Crippen molar-refractivity contribution < 1.29 is 9.18 Å². The highest BCUT2D eigenvalue weighted by atomic mass is 32.1. The molecule has 0 saturated heterocycles. The Bertz CT molecular complexity index is 879. The third-order valence-electron chi connectivity index (χ3n) is 4.45. The van der Waals surface area contributed by atoms with Crippen molar-refractivity contribution >= 4 is 22.9 Å². The van der Waals surface area contributed by atoms with Crippen molar-refractivity contribution in [1.82, 2.24) is 20.1 Å². The van der Waals surface area contributed by atoms with Crippen LogP contribution in [0.15, 0.2) is 47.2 Å². The third kappa shape index (κ3) is 3.07. The summed E-state index contributed by atoms with van der Waals surface area (Å²) in [6.07, 6.45) is 11.9. The van der Waals surface area contributed by atoms with Gasteiger partial charge in [-0.3, -0.25) is 4.79 Å². The first-order valence-electron chi connectivity index (χ1n) is 8.23. The van der Waals surface area contributed by atoms with Gasteiger partial charge in [-0.1, -0.05) is 18.2 Å². The van der Waals surface area contributed by atoms with Crippen molar-refractivity contribution in [3.05, 3.63) is 64.2 Å². The Morgan fingerprint density at radius 2 is 2.36 bits per heavy atom. The quantitative estimate of drug-likeness (QED) is 0.910. The number of rotatable bonds is 3. The van der Waals surface area contributed by atoms with Gasteiger partial charge in [0.2, 0.25) is 0 Å². The lowest BCUT2D eigenvalue weighted by atomic mass is 9.92. The summed E-state index contributed by atoms with van der Waals surface area (Å²) >= 11 is 1.39. The SMILES string of the molecule is O=C(NC1CCCc2c1cnn2C1=CCC=CC=C1F)c1cscn1. The van der Waals surface area contributed by atoms with Gasteiger partial charge in [-0.2, -0.15) is 5.10 Å². The average Bonchev–Trinajstić information content (AvgIpc) is 3.24. The van der Waals surface area contributed by atoms with Gasteiger partial charge in [0.05, 0.1) is 23.4 Å². The van der Waals surface area contributed by atoms with E-state index < -0.39 is 0 Å². The van der Waals surface area contributed by atoms with Gasteiger partial charge < -0.3 is 5.32 Å². The molecule has 4 rings (SSSR count). The molecule has 2 heterocycles. The van der Waals surface area contributed by atoms with Crippen molar-refractivity contribution in [2.45, 2.75) is 31.7 Å². The normalized spacial score (nSPS) is 19.6. The minimum atomic E-state index is -0.298. The van der Waals surface area contributed by atoms with Gasteiger partial charge in [0.25, 0.3) is 5.91 Å². The number of amides is 1. The molecule has 0 aliphatic heterocycles. The fourth-order valence-corrected chi connectivity index (χ4v) is 3.78.